The highest BCUT2D eigenvalue weighted by molar-refractivity contribution is 5.90. The summed E-state index contributed by atoms with van der Waals surface area (Å²) in [6, 6.07) is 5.92. The van der Waals surface area contributed by atoms with Gasteiger partial charge in [-0.2, -0.15) is 4.98 Å². The molecule has 0 aliphatic rings. The summed E-state index contributed by atoms with van der Waals surface area (Å²) in [4.78, 5) is 16.4. The van der Waals surface area contributed by atoms with Gasteiger partial charge in [0.15, 0.2) is 5.82 Å². The van der Waals surface area contributed by atoms with E-state index in [-0.39, 0.29) is 11.3 Å². The molecule has 1 N–H and O–H groups in total. The van der Waals surface area contributed by atoms with Crippen LogP contribution in [0.25, 0.3) is 0 Å². The number of nitrogens with one attached hydrogen (secondary N) is 1. The lowest BCUT2D eigenvalue weighted by Gasteiger charge is -2.10. The van der Waals surface area contributed by atoms with Crippen molar-refractivity contribution < 1.29 is 9.32 Å². The van der Waals surface area contributed by atoms with Crippen LogP contribution in [0.1, 0.15) is 56.5 Å². The Morgan fingerprint density at radius 3 is 2.57 bits per heavy atom. The monoisotopic (exact) mass is 315 g/mol. The fraction of sp³-hybridized carbons (Fsp3) is 0.500. The third-order valence-electron chi connectivity index (χ3n) is 3.72. The summed E-state index contributed by atoms with van der Waals surface area (Å²) in [5.74, 6) is 1.30. The maximum Gasteiger partial charge on any atom is 0.226 e. The predicted molar refractivity (Wildman–Crippen MR) is 90.5 cm³/mol. The molecule has 1 aromatic heterocycles. The first-order chi connectivity index (χ1) is 10.8. The van der Waals surface area contributed by atoms with Crippen LogP contribution >= 0.6 is 0 Å². The number of benzene rings is 1. The van der Waals surface area contributed by atoms with Crippen molar-refractivity contribution in [2.75, 3.05) is 5.32 Å². The minimum atomic E-state index is -0.123. The number of anilines is 1. The van der Waals surface area contributed by atoms with E-state index in [4.69, 9.17) is 4.52 Å². The maximum atomic E-state index is 12.0. The highest BCUT2D eigenvalue weighted by Crippen LogP contribution is 2.19. The van der Waals surface area contributed by atoms with Gasteiger partial charge in [0, 0.05) is 23.9 Å². The number of amides is 1. The quantitative estimate of drug-likeness (QED) is 0.907. The van der Waals surface area contributed by atoms with Crippen LogP contribution < -0.4 is 5.32 Å². The predicted octanol–water partition coefficient (Wildman–Crippen LogP) is 3.95. The summed E-state index contributed by atoms with van der Waals surface area (Å²) < 4.78 is 5.23. The molecule has 1 aromatic carbocycles. The van der Waals surface area contributed by atoms with Gasteiger partial charge in [-0.1, -0.05) is 32.0 Å². The van der Waals surface area contributed by atoms with Gasteiger partial charge in [-0.15, -0.1) is 0 Å². The Hall–Kier alpha value is -2.17. The van der Waals surface area contributed by atoms with E-state index in [0.29, 0.717) is 31.0 Å². The van der Waals surface area contributed by atoms with Crippen LogP contribution in [0.2, 0.25) is 0 Å². The van der Waals surface area contributed by atoms with Crippen molar-refractivity contribution in [3.8, 4) is 0 Å². The molecule has 0 aliphatic carbocycles. The first-order valence-corrected chi connectivity index (χ1v) is 7.96. The van der Waals surface area contributed by atoms with E-state index < -0.39 is 0 Å². The third-order valence-corrected chi connectivity index (χ3v) is 3.72. The van der Waals surface area contributed by atoms with Crippen LogP contribution in [-0.2, 0) is 16.6 Å². The van der Waals surface area contributed by atoms with Crippen molar-refractivity contribution in [1.82, 2.24) is 10.1 Å². The molecule has 5 nitrogen and oxygen atoms in total. The van der Waals surface area contributed by atoms with E-state index in [1.54, 1.807) is 0 Å². The third kappa shape index (κ3) is 4.91. The number of hydrogen-bond donors (Lipinski definition) is 1. The summed E-state index contributed by atoms with van der Waals surface area (Å²) in [7, 11) is 0. The molecule has 0 bridgehead atoms. The van der Waals surface area contributed by atoms with Gasteiger partial charge in [0.1, 0.15) is 0 Å². The second kappa shape index (κ2) is 6.94. The van der Waals surface area contributed by atoms with E-state index in [2.05, 4.69) is 22.4 Å². The Bertz CT molecular complexity index is 684. The maximum absolute atomic E-state index is 12.0. The molecule has 23 heavy (non-hydrogen) atoms. The summed E-state index contributed by atoms with van der Waals surface area (Å²) in [5.41, 5.74) is 3.10. The van der Waals surface area contributed by atoms with E-state index >= 15 is 0 Å². The van der Waals surface area contributed by atoms with E-state index in [9.17, 15) is 4.79 Å². The molecular formula is C18H25N3O2. The van der Waals surface area contributed by atoms with Crippen LogP contribution in [0.3, 0.4) is 0 Å². The SMILES string of the molecule is Cc1ccc(NC(=O)CCCc2nc(C(C)(C)C)no2)cc1C. The number of aryl methyl sites for hydroxylation is 3. The van der Waals surface area contributed by atoms with Gasteiger partial charge in [-0.3, -0.25) is 4.79 Å². The van der Waals surface area contributed by atoms with E-state index in [1.165, 1.54) is 11.1 Å². The average Bonchev–Trinajstić information content (AvgIpc) is 2.92. The zero-order chi connectivity index (χ0) is 17.0. The van der Waals surface area contributed by atoms with Crippen LogP contribution in [0, 0.1) is 13.8 Å². The number of aromatic nitrogens is 2. The smallest absolute Gasteiger partial charge is 0.226 e. The summed E-state index contributed by atoms with van der Waals surface area (Å²) >= 11 is 0. The molecule has 0 aliphatic heterocycles. The second-order valence-corrected chi connectivity index (χ2v) is 6.96. The Balaban J connectivity index is 1.80. The zero-order valence-corrected chi connectivity index (χ0v) is 14.6. The highest BCUT2D eigenvalue weighted by atomic mass is 16.5. The Morgan fingerprint density at radius 2 is 1.96 bits per heavy atom. The first-order valence-electron chi connectivity index (χ1n) is 7.96. The fourth-order valence-corrected chi connectivity index (χ4v) is 2.10. The average molecular weight is 315 g/mol. The van der Waals surface area contributed by atoms with Gasteiger partial charge in [-0.05, 0) is 43.5 Å². The lowest BCUT2D eigenvalue weighted by atomic mass is 9.96. The van der Waals surface area contributed by atoms with E-state index in [0.717, 1.165) is 5.69 Å². The van der Waals surface area contributed by atoms with Crippen molar-refractivity contribution in [2.45, 2.75) is 59.3 Å². The molecule has 124 valence electrons. The number of hydrogen-bond acceptors (Lipinski definition) is 4. The summed E-state index contributed by atoms with van der Waals surface area (Å²) in [6.07, 6.45) is 1.73. The van der Waals surface area contributed by atoms with Crippen LogP contribution in [0.15, 0.2) is 22.7 Å². The van der Waals surface area contributed by atoms with Gasteiger partial charge in [-0.25, -0.2) is 0 Å². The van der Waals surface area contributed by atoms with Crippen molar-refractivity contribution in [3.63, 3.8) is 0 Å². The largest absolute Gasteiger partial charge is 0.339 e. The molecule has 0 atom stereocenters. The number of nitrogens with zero attached hydrogens (tertiary/aromatic N) is 2. The Kier molecular flexibility index (Phi) is 5.19. The first kappa shape index (κ1) is 17.2. The van der Waals surface area contributed by atoms with Gasteiger partial charge < -0.3 is 9.84 Å². The van der Waals surface area contributed by atoms with Gasteiger partial charge in [0.25, 0.3) is 0 Å². The molecule has 1 amide bonds. The Labute approximate surface area is 137 Å². The molecule has 2 aromatic rings. The van der Waals surface area contributed by atoms with Crippen LogP contribution in [0.4, 0.5) is 5.69 Å². The topological polar surface area (TPSA) is 68.0 Å². The molecule has 0 unspecified atom stereocenters. The molecule has 5 heteroatoms. The fourth-order valence-electron chi connectivity index (χ4n) is 2.10. The normalized spacial score (nSPS) is 11.5. The second-order valence-electron chi connectivity index (χ2n) is 6.96. The van der Waals surface area contributed by atoms with Gasteiger partial charge >= 0.3 is 0 Å². The standard InChI is InChI=1S/C18H25N3O2/c1-12-9-10-14(11-13(12)2)19-15(22)7-6-8-16-20-17(21-23-16)18(3,4)5/h9-11H,6-8H2,1-5H3,(H,19,22). The molecule has 1 heterocycles. The van der Waals surface area contributed by atoms with Gasteiger partial charge in [0.05, 0.1) is 0 Å². The molecule has 0 fully saturated rings. The van der Waals surface area contributed by atoms with Crippen molar-refractivity contribution in [3.05, 3.63) is 41.0 Å². The lowest BCUT2D eigenvalue weighted by Crippen LogP contribution is -2.13. The molecule has 0 radical (unpaired) electrons. The summed E-state index contributed by atoms with van der Waals surface area (Å²) in [6.45, 7) is 10.2. The highest BCUT2D eigenvalue weighted by Gasteiger charge is 2.20. The zero-order valence-electron chi connectivity index (χ0n) is 14.6. The molecule has 2 rings (SSSR count). The number of rotatable bonds is 5. The number of carbonyl (C=O) groups is 1. The van der Waals surface area contributed by atoms with Crippen LogP contribution in [0.5, 0.6) is 0 Å². The van der Waals surface area contributed by atoms with Crippen LogP contribution in [-0.4, -0.2) is 16.0 Å². The molecule has 0 spiro atoms. The van der Waals surface area contributed by atoms with E-state index in [1.807, 2.05) is 45.9 Å². The minimum Gasteiger partial charge on any atom is -0.339 e. The van der Waals surface area contributed by atoms with Gasteiger partial charge in [0.2, 0.25) is 11.8 Å². The Morgan fingerprint density at radius 1 is 1.22 bits per heavy atom. The molecule has 0 saturated carbocycles. The summed E-state index contributed by atoms with van der Waals surface area (Å²) in [5, 5.41) is 6.90. The minimum absolute atomic E-state index is 0.00353. The number of carbonyl (C=O) groups excluding carboxylic acids is 1. The van der Waals surface area contributed by atoms with Crippen molar-refractivity contribution in [1.29, 1.82) is 0 Å². The lowest BCUT2D eigenvalue weighted by molar-refractivity contribution is -0.116. The molecular weight excluding hydrogens is 290 g/mol. The van der Waals surface area contributed by atoms with Crippen molar-refractivity contribution in [2.24, 2.45) is 0 Å². The van der Waals surface area contributed by atoms with Crippen molar-refractivity contribution >= 4 is 11.6 Å². The molecule has 0 saturated heterocycles.